The molecule has 1 fully saturated rings. The van der Waals surface area contributed by atoms with Gasteiger partial charge in [0.25, 0.3) is 0 Å². The van der Waals surface area contributed by atoms with E-state index in [4.69, 9.17) is 32.7 Å². The molecule has 1 aliphatic rings. The molecular weight excluding hydrogens is 643 g/mol. The zero-order valence-electron chi connectivity index (χ0n) is 25.3. The Morgan fingerprint density at radius 2 is 1.69 bits per heavy atom. The topological polar surface area (TPSA) is 134 Å². The minimum atomic E-state index is -3.26. The molecular formula is C30H34Cl2N6O6S. The van der Waals surface area contributed by atoms with E-state index in [9.17, 15) is 18.0 Å². The van der Waals surface area contributed by atoms with Gasteiger partial charge in [-0.3, -0.25) is 14.5 Å². The average Bonchev–Trinajstić information content (AvgIpc) is 3.03. The summed E-state index contributed by atoms with van der Waals surface area (Å²) in [7, 11) is 1.24. The van der Waals surface area contributed by atoms with Crippen LogP contribution in [-0.2, 0) is 32.5 Å². The lowest BCUT2D eigenvalue weighted by Gasteiger charge is -2.35. The third kappa shape index (κ3) is 8.03. The van der Waals surface area contributed by atoms with E-state index in [1.165, 1.54) is 42.1 Å². The number of rotatable bonds is 11. The zero-order valence-corrected chi connectivity index (χ0v) is 27.7. The van der Waals surface area contributed by atoms with E-state index >= 15 is 0 Å². The van der Waals surface area contributed by atoms with E-state index in [0.717, 1.165) is 11.3 Å². The number of carbonyl (C=O) groups excluding carboxylic acids is 2. The van der Waals surface area contributed by atoms with Gasteiger partial charge in [-0.2, -0.15) is 4.31 Å². The molecule has 1 N–H and O–H groups in total. The first-order valence-electron chi connectivity index (χ1n) is 13.8. The molecule has 12 nitrogen and oxygen atoms in total. The Hall–Kier alpha value is -3.91. The van der Waals surface area contributed by atoms with Crippen molar-refractivity contribution in [3.8, 4) is 11.5 Å². The summed E-state index contributed by atoms with van der Waals surface area (Å²) >= 11 is 12.9. The molecule has 0 bridgehead atoms. The van der Waals surface area contributed by atoms with Crippen LogP contribution in [0.15, 0.2) is 49.3 Å². The van der Waals surface area contributed by atoms with Crippen LogP contribution in [-0.4, -0.2) is 88.2 Å². The number of methoxy groups -OCH3 is 2. The maximum atomic E-state index is 13.3. The highest BCUT2D eigenvalue weighted by Gasteiger charge is 2.25. The number of nitrogens with one attached hydrogen (secondary N) is 1. The van der Waals surface area contributed by atoms with Gasteiger partial charge in [0.15, 0.2) is 0 Å². The Kier molecular flexibility index (Phi) is 10.9. The first-order chi connectivity index (χ1) is 21.4. The largest absolute Gasteiger partial charge is 0.495 e. The van der Waals surface area contributed by atoms with Crippen LogP contribution in [0.25, 0.3) is 0 Å². The molecule has 15 heteroatoms. The number of amides is 2. The molecule has 240 valence electrons. The second-order valence-corrected chi connectivity index (χ2v) is 13.0. The van der Waals surface area contributed by atoms with Gasteiger partial charge in [0.05, 0.1) is 42.6 Å². The number of carbonyl (C=O) groups is 2. The predicted octanol–water partition coefficient (Wildman–Crippen LogP) is 3.80. The average molecular weight is 678 g/mol. The summed E-state index contributed by atoms with van der Waals surface area (Å²) < 4.78 is 35.9. The highest BCUT2D eigenvalue weighted by molar-refractivity contribution is 7.88. The molecule has 3 aromatic rings. The Morgan fingerprint density at radius 1 is 1.04 bits per heavy atom. The van der Waals surface area contributed by atoms with Gasteiger partial charge < -0.3 is 19.7 Å². The van der Waals surface area contributed by atoms with Gasteiger partial charge in [-0.1, -0.05) is 35.8 Å². The van der Waals surface area contributed by atoms with Gasteiger partial charge >= 0.3 is 0 Å². The predicted molar refractivity (Wildman–Crippen MR) is 175 cm³/mol. The van der Waals surface area contributed by atoms with Crippen molar-refractivity contribution in [2.24, 2.45) is 0 Å². The monoisotopic (exact) mass is 676 g/mol. The molecule has 45 heavy (non-hydrogen) atoms. The number of likely N-dealkylation sites (N-methyl/N-ethyl adjacent to an activating group) is 1. The van der Waals surface area contributed by atoms with Crippen molar-refractivity contribution in [2.45, 2.75) is 12.8 Å². The Morgan fingerprint density at radius 3 is 2.27 bits per heavy atom. The van der Waals surface area contributed by atoms with Gasteiger partial charge in [-0.25, -0.2) is 18.4 Å². The Labute approximate surface area is 272 Å². The number of nitrogens with zero attached hydrogens (tertiary/aromatic N) is 5. The summed E-state index contributed by atoms with van der Waals surface area (Å²) in [5.41, 5.74) is 3.13. The van der Waals surface area contributed by atoms with Crippen LogP contribution >= 0.6 is 23.2 Å². The maximum Gasteiger partial charge on any atom is 0.247 e. The van der Waals surface area contributed by atoms with Gasteiger partial charge in [0.2, 0.25) is 21.8 Å². The van der Waals surface area contributed by atoms with Crippen LogP contribution in [0.4, 0.5) is 17.2 Å². The standard InChI is InChI=1S/C30H34Cl2N6O6S/c1-6-27(39)35-23-15-21(37-9-11-38(12-10-37)45(5,41)42)8-7-19(23)13-20-14-26(34-18-33-20)36(2)28(40)16-22-29(31)24(43-3)17-25(44-4)30(22)32/h6-8,14-15,17-18H,1,9-13,16H2,2-5H3,(H,35,39). The van der Waals surface area contributed by atoms with E-state index in [1.807, 2.05) is 18.2 Å². The SMILES string of the molecule is C=CC(=O)Nc1cc(N2CCN(S(C)(=O)=O)CC2)ccc1Cc1cc(N(C)C(=O)Cc2c(Cl)c(OC)cc(OC)c2Cl)ncn1. The number of hydrogen-bond acceptors (Lipinski definition) is 9. The molecule has 0 atom stereocenters. The van der Waals surface area contributed by atoms with Gasteiger partial charge in [0.1, 0.15) is 23.6 Å². The molecule has 0 saturated carbocycles. The van der Waals surface area contributed by atoms with Crippen LogP contribution in [0.3, 0.4) is 0 Å². The van der Waals surface area contributed by atoms with E-state index in [1.54, 1.807) is 19.2 Å². The van der Waals surface area contributed by atoms with Crippen LogP contribution in [0.2, 0.25) is 10.0 Å². The highest BCUT2D eigenvalue weighted by Crippen LogP contribution is 2.41. The first-order valence-corrected chi connectivity index (χ1v) is 16.4. The summed E-state index contributed by atoms with van der Waals surface area (Å²) in [5, 5.41) is 3.28. The molecule has 0 aliphatic carbocycles. The fourth-order valence-electron chi connectivity index (χ4n) is 4.84. The third-order valence-corrected chi connectivity index (χ3v) is 9.53. The molecule has 0 unspecified atom stereocenters. The molecule has 0 radical (unpaired) electrons. The number of piperazine rings is 1. The summed E-state index contributed by atoms with van der Waals surface area (Å²) in [6.07, 6.45) is 3.92. The number of ether oxygens (including phenoxy) is 2. The Bertz CT molecular complexity index is 1680. The maximum absolute atomic E-state index is 13.3. The molecule has 2 aromatic carbocycles. The summed E-state index contributed by atoms with van der Waals surface area (Å²) in [6, 6.07) is 8.89. The normalized spacial score (nSPS) is 13.7. The summed E-state index contributed by atoms with van der Waals surface area (Å²) in [5.74, 6) is 0.293. The number of anilines is 3. The number of benzene rings is 2. The van der Waals surface area contributed by atoms with Crippen molar-refractivity contribution in [3.05, 3.63) is 76.2 Å². The lowest BCUT2D eigenvalue weighted by atomic mass is 10.0. The minimum absolute atomic E-state index is 0.140. The highest BCUT2D eigenvalue weighted by atomic mass is 35.5. The second-order valence-electron chi connectivity index (χ2n) is 10.2. The van der Waals surface area contributed by atoms with Crippen LogP contribution in [0.1, 0.15) is 16.8 Å². The molecule has 1 aromatic heterocycles. The third-order valence-electron chi connectivity index (χ3n) is 7.40. The van der Waals surface area contributed by atoms with Crippen LogP contribution in [0, 0.1) is 0 Å². The summed E-state index contributed by atoms with van der Waals surface area (Å²) in [6.45, 7) is 5.31. The molecule has 1 saturated heterocycles. The molecule has 4 rings (SSSR count). The second kappa shape index (κ2) is 14.5. The molecule has 0 spiro atoms. The van der Waals surface area contributed by atoms with Crippen molar-refractivity contribution in [2.75, 3.05) is 68.8 Å². The van der Waals surface area contributed by atoms with Crippen LogP contribution < -0.4 is 24.6 Å². The Balaban J connectivity index is 1.55. The number of hydrogen-bond donors (Lipinski definition) is 1. The van der Waals surface area contributed by atoms with Crippen molar-refractivity contribution < 1.29 is 27.5 Å². The van der Waals surface area contributed by atoms with Crippen LogP contribution in [0.5, 0.6) is 11.5 Å². The molecule has 1 aliphatic heterocycles. The number of halogens is 2. The number of sulfonamides is 1. The fraction of sp³-hybridized carbons (Fsp3) is 0.333. The fourth-order valence-corrected chi connectivity index (χ4v) is 6.30. The van der Waals surface area contributed by atoms with Gasteiger partial charge in [-0.05, 0) is 23.8 Å². The van der Waals surface area contributed by atoms with Gasteiger partial charge in [-0.15, -0.1) is 0 Å². The van der Waals surface area contributed by atoms with Crippen molar-refractivity contribution in [1.82, 2.24) is 14.3 Å². The zero-order chi connectivity index (χ0) is 32.9. The quantitative estimate of drug-likeness (QED) is 0.301. The van der Waals surface area contributed by atoms with Crippen molar-refractivity contribution >= 4 is 62.2 Å². The molecule has 2 heterocycles. The lowest BCUT2D eigenvalue weighted by Crippen LogP contribution is -2.48. The summed E-state index contributed by atoms with van der Waals surface area (Å²) in [4.78, 5) is 37.7. The van der Waals surface area contributed by atoms with Gasteiger partial charge in [0, 0.05) is 68.7 Å². The molecule has 2 amide bonds. The van der Waals surface area contributed by atoms with E-state index in [2.05, 4.69) is 26.8 Å². The minimum Gasteiger partial charge on any atom is -0.495 e. The number of aromatic nitrogens is 2. The van der Waals surface area contributed by atoms with Crippen molar-refractivity contribution in [3.63, 3.8) is 0 Å². The lowest BCUT2D eigenvalue weighted by molar-refractivity contribution is -0.117. The smallest absolute Gasteiger partial charge is 0.247 e. The van der Waals surface area contributed by atoms with E-state index in [0.29, 0.717) is 66.9 Å². The van der Waals surface area contributed by atoms with E-state index in [-0.39, 0.29) is 28.3 Å². The van der Waals surface area contributed by atoms with E-state index < -0.39 is 10.0 Å². The van der Waals surface area contributed by atoms with Crippen molar-refractivity contribution in [1.29, 1.82) is 0 Å². The first kappa shape index (κ1) is 34.0.